The van der Waals surface area contributed by atoms with Crippen molar-refractivity contribution in [3.05, 3.63) is 21.9 Å². The molecule has 0 bridgehead atoms. The Labute approximate surface area is 92.5 Å². The van der Waals surface area contributed by atoms with Crippen LogP contribution in [0.5, 0.6) is 0 Å². The summed E-state index contributed by atoms with van der Waals surface area (Å²) in [6.45, 7) is 0. The first-order valence-corrected chi connectivity index (χ1v) is 5.32. The Morgan fingerprint density at radius 2 is 2.23 bits per heavy atom. The predicted molar refractivity (Wildman–Crippen MR) is 60.3 cm³/mol. The zero-order valence-electron chi connectivity index (χ0n) is 6.44. The van der Waals surface area contributed by atoms with Gasteiger partial charge >= 0.3 is 0 Å². The Hall–Kier alpha value is -0.760. The lowest BCUT2D eigenvalue weighted by atomic mass is 10.3. The molecule has 2 aromatic heterocycles. The lowest BCUT2D eigenvalue weighted by Gasteiger charge is -1.92. The van der Waals surface area contributed by atoms with E-state index in [2.05, 4.69) is 36.9 Å². The summed E-state index contributed by atoms with van der Waals surface area (Å²) in [4.78, 5) is 8.21. The first kappa shape index (κ1) is 8.82. The number of hydrogen-bond donors (Lipinski definition) is 1. The molecular weight excluding hydrogens is 299 g/mol. The topological polar surface area (TPSA) is 64.7 Å². The number of nitrogen functional groups attached to an aromatic ring is 1. The van der Waals surface area contributed by atoms with Crippen molar-refractivity contribution in [1.29, 1.82) is 0 Å². The summed E-state index contributed by atoms with van der Waals surface area (Å²) in [5.74, 6) is 0.596. The van der Waals surface area contributed by atoms with E-state index in [1.807, 2.05) is 12.1 Å². The fraction of sp³-hybridized carbons (Fsp3) is 0. The van der Waals surface area contributed by atoms with Crippen LogP contribution in [0.4, 0.5) is 5.13 Å². The zero-order valence-corrected chi connectivity index (χ0v) is 9.41. The van der Waals surface area contributed by atoms with Gasteiger partial charge in [0.2, 0.25) is 0 Å². The van der Waals surface area contributed by atoms with Gasteiger partial charge in [0.15, 0.2) is 11.0 Å². The number of halogens is 1. The van der Waals surface area contributed by atoms with Crippen molar-refractivity contribution in [2.45, 2.75) is 0 Å². The van der Waals surface area contributed by atoms with Crippen LogP contribution in [0.15, 0.2) is 18.3 Å². The molecule has 0 radical (unpaired) electrons. The molecule has 0 amide bonds. The summed E-state index contributed by atoms with van der Waals surface area (Å²) in [7, 11) is 0. The fourth-order valence-electron chi connectivity index (χ4n) is 0.847. The molecule has 0 aliphatic rings. The Bertz CT molecular complexity index is 411. The summed E-state index contributed by atoms with van der Waals surface area (Å²) in [6.07, 6.45) is 1.77. The quantitative estimate of drug-likeness (QED) is 0.816. The van der Waals surface area contributed by atoms with Crippen LogP contribution >= 0.6 is 34.1 Å². The van der Waals surface area contributed by atoms with Gasteiger partial charge in [0.25, 0.3) is 0 Å². The maximum Gasteiger partial charge on any atom is 0.200 e. The van der Waals surface area contributed by atoms with E-state index in [0.717, 1.165) is 9.26 Å². The van der Waals surface area contributed by atoms with Crippen molar-refractivity contribution < 1.29 is 0 Å². The molecular formula is C7H5IN4S. The van der Waals surface area contributed by atoms with Crippen molar-refractivity contribution in [2.24, 2.45) is 0 Å². The van der Waals surface area contributed by atoms with E-state index >= 15 is 0 Å². The monoisotopic (exact) mass is 304 g/mol. The highest BCUT2D eigenvalue weighted by molar-refractivity contribution is 14.1. The van der Waals surface area contributed by atoms with Crippen molar-refractivity contribution in [2.75, 3.05) is 5.73 Å². The number of nitrogens with two attached hydrogens (primary N) is 1. The highest BCUT2D eigenvalue weighted by Gasteiger charge is 2.04. The molecule has 66 valence electrons. The first-order valence-electron chi connectivity index (χ1n) is 3.47. The number of nitrogens with zero attached hydrogens (tertiary/aromatic N) is 3. The van der Waals surface area contributed by atoms with Crippen LogP contribution in [0.25, 0.3) is 11.5 Å². The molecule has 0 atom stereocenters. The smallest absolute Gasteiger partial charge is 0.200 e. The van der Waals surface area contributed by atoms with Crippen LogP contribution < -0.4 is 5.73 Å². The second kappa shape index (κ2) is 3.54. The molecule has 0 aliphatic carbocycles. The van der Waals surface area contributed by atoms with Crippen molar-refractivity contribution in [3.63, 3.8) is 0 Å². The SMILES string of the molecule is Nc1nc(-c2ccc(I)cn2)ns1. The van der Waals surface area contributed by atoms with E-state index in [4.69, 9.17) is 5.73 Å². The fourth-order valence-corrected chi connectivity index (χ4v) is 1.61. The molecule has 2 aromatic rings. The second-order valence-electron chi connectivity index (χ2n) is 2.32. The lowest BCUT2D eigenvalue weighted by Crippen LogP contribution is -1.87. The third-order valence-corrected chi connectivity index (χ3v) is 2.58. The number of rotatable bonds is 1. The summed E-state index contributed by atoms with van der Waals surface area (Å²) in [6, 6.07) is 3.84. The van der Waals surface area contributed by atoms with Gasteiger partial charge in [-0.2, -0.15) is 9.36 Å². The van der Waals surface area contributed by atoms with Crippen LogP contribution in [0.1, 0.15) is 0 Å². The van der Waals surface area contributed by atoms with Crippen molar-refractivity contribution in [3.8, 4) is 11.5 Å². The van der Waals surface area contributed by atoms with E-state index in [1.165, 1.54) is 11.5 Å². The molecule has 0 aromatic carbocycles. The maximum atomic E-state index is 5.46. The molecule has 4 nitrogen and oxygen atoms in total. The second-order valence-corrected chi connectivity index (χ2v) is 4.35. The zero-order chi connectivity index (χ0) is 9.26. The minimum absolute atomic E-state index is 0.468. The van der Waals surface area contributed by atoms with Crippen LogP contribution in [0.2, 0.25) is 0 Å². The Morgan fingerprint density at radius 1 is 1.38 bits per heavy atom. The highest BCUT2D eigenvalue weighted by Crippen LogP contribution is 2.17. The standard InChI is InChI=1S/C7H5IN4S/c8-4-1-2-5(10-3-4)6-11-7(9)13-12-6/h1-3H,(H2,9,11,12). The molecule has 0 spiro atoms. The third-order valence-electron chi connectivity index (χ3n) is 1.40. The average Bonchev–Trinajstić information content (AvgIpc) is 2.53. The first-order chi connectivity index (χ1) is 6.25. The Morgan fingerprint density at radius 3 is 2.77 bits per heavy atom. The molecule has 2 N–H and O–H groups in total. The normalized spacial score (nSPS) is 10.2. The van der Waals surface area contributed by atoms with E-state index in [-0.39, 0.29) is 0 Å². The highest BCUT2D eigenvalue weighted by atomic mass is 127. The van der Waals surface area contributed by atoms with Gasteiger partial charge in [-0.05, 0) is 34.7 Å². The lowest BCUT2D eigenvalue weighted by molar-refractivity contribution is 1.23. The van der Waals surface area contributed by atoms with Crippen molar-refractivity contribution in [1.82, 2.24) is 14.3 Å². The largest absolute Gasteiger partial charge is 0.374 e. The van der Waals surface area contributed by atoms with E-state index in [0.29, 0.717) is 11.0 Å². The van der Waals surface area contributed by atoms with Gasteiger partial charge in [-0.25, -0.2) is 0 Å². The third kappa shape index (κ3) is 1.94. The molecule has 0 saturated heterocycles. The van der Waals surface area contributed by atoms with Gasteiger partial charge in [0.1, 0.15) is 5.69 Å². The van der Waals surface area contributed by atoms with Gasteiger partial charge < -0.3 is 5.73 Å². The minimum atomic E-state index is 0.468. The van der Waals surface area contributed by atoms with Gasteiger partial charge in [0.05, 0.1) is 0 Å². The molecule has 0 fully saturated rings. The van der Waals surface area contributed by atoms with E-state index in [9.17, 15) is 0 Å². The van der Waals surface area contributed by atoms with Crippen LogP contribution in [-0.4, -0.2) is 14.3 Å². The molecule has 0 unspecified atom stereocenters. The molecule has 6 heteroatoms. The van der Waals surface area contributed by atoms with Gasteiger partial charge in [-0.1, -0.05) is 0 Å². The summed E-state index contributed by atoms with van der Waals surface area (Å²) < 4.78 is 5.14. The summed E-state index contributed by atoms with van der Waals surface area (Å²) in [5.41, 5.74) is 6.22. The number of pyridine rings is 1. The van der Waals surface area contributed by atoms with Crippen molar-refractivity contribution >= 4 is 39.3 Å². The molecule has 0 aliphatic heterocycles. The Kier molecular flexibility index (Phi) is 2.40. The molecule has 13 heavy (non-hydrogen) atoms. The van der Waals surface area contributed by atoms with E-state index in [1.54, 1.807) is 6.20 Å². The predicted octanol–water partition coefficient (Wildman–Crippen LogP) is 1.79. The van der Waals surface area contributed by atoms with Crippen LogP contribution in [-0.2, 0) is 0 Å². The van der Waals surface area contributed by atoms with Crippen LogP contribution in [0, 0.1) is 3.57 Å². The van der Waals surface area contributed by atoms with Gasteiger partial charge in [-0.3, -0.25) is 4.98 Å². The molecule has 0 saturated carbocycles. The molecule has 2 heterocycles. The van der Waals surface area contributed by atoms with Gasteiger partial charge in [-0.15, -0.1) is 0 Å². The average molecular weight is 304 g/mol. The van der Waals surface area contributed by atoms with Gasteiger partial charge in [0, 0.05) is 21.3 Å². The number of aromatic nitrogens is 3. The Balaban J connectivity index is 2.41. The number of anilines is 1. The van der Waals surface area contributed by atoms with Crippen LogP contribution in [0.3, 0.4) is 0 Å². The summed E-state index contributed by atoms with van der Waals surface area (Å²) >= 11 is 3.37. The summed E-state index contributed by atoms with van der Waals surface area (Å²) in [5, 5.41) is 0.468. The maximum absolute atomic E-state index is 5.46. The minimum Gasteiger partial charge on any atom is -0.374 e. The number of hydrogen-bond acceptors (Lipinski definition) is 5. The molecule has 2 rings (SSSR count). The van der Waals surface area contributed by atoms with E-state index < -0.39 is 0 Å².